The number of nitrogens with one attached hydrogen (secondary N) is 1. The van der Waals surface area contributed by atoms with Gasteiger partial charge in [-0.2, -0.15) is 10.1 Å². The minimum Gasteiger partial charge on any atom is -0.480 e. The van der Waals surface area contributed by atoms with E-state index in [1.54, 1.807) is 24.4 Å². The van der Waals surface area contributed by atoms with Crippen LogP contribution in [0.3, 0.4) is 0 Å². The van der Waals surface area contributed by atoms with Crippen molar-refractivity contribution in [1.29, 1.82) is 0 Å². The van der Waals surface area contributed by atoms with Gasteiger partial charge in [0.25, 0.3) is 0 Å². The van der Waals surface area contributed by atoms with E-state index in [1.165, 1.54) is 6.33 Å². The smallest absolute Gasteiger partial charge is 0.226 e. The molecule has 0 radical (unpaired) electrons. The highest BCUT2D eigenvalue weighted by Gasteiger charge is 2.41. The predicted molar refractivity (Wildman–Crippen MR) is 124 cm³/mol. The summed E-state index contributed by atoms with van der Waals surface area (Å²) in [5.74, 6) is 1.31. The molecule has 6 nitrogen and oxygen atoms in total. The summed E-state index contributed by atoms with van der Waals surface area (Å²) in [7, 11) is 0. The number of pyridine rings is 1. The lowest BCUT2D eigenvalue weighted by Gasteiger charge is -2.39. The van der Waals surface area contributed by atoms with Crippen molar-refractivity contribution in [1.82, 2.24) is 19.7 Å². The van der Waals surface area contributed by atoms with Gasteiger partial charge >= 0.3 is 0 Å². The summed E-state index contributed by atoms with van der Waals surface area (Å²) in [6.45, 7) is 0. The van der Waals surface area contributed by atoms with Gasteiger partial charge in [0.15, 0.2) is 6.10 Å². The Balaban J connectivity index is 1.65. The topological polar surface area (TPSA) is 64.9 Å². The Hall–Kier alpha value is -3.06. The van der Waals surface area contributed by atoms with Gasteiger partial charge in [-0.05, 0) is 42.0 Å². The molecule has 1 N–H and O–H groups in total. The van der Waals surface area contributed by atoms with E-state index in [4.69, 9.17) is 39.5 Å². The van der Waals surface area contributed by atoms with Gasteiger partial charge in [0, 0.05) is 44.2 Å². The number of halogens is 3. The van der Waals surface area contributed by atoms with Crippen molar-refractivity contribution < 1.29 is 4.74 Å². The Bertz CT molecular complexity index is 1390. The van der Waals surface area contributed by atoms with Crippen LogP contribution in [0, 0.1) is 0 Å². The Morgan fingerprint density at radius 2 is 1.84 bits per heavy atom. The van der Waals surface area contributed by atoms with E-state index < -0.39 is 6.10 Å². The van der Waals surface area contributed by atoms with Crippen molar-refractivity contribution in [3.05, 3.63) is 105 Å². The number of nitrogens with zero attached hydrogens (tertiary/aromatic N) is 4. The van der Waals surface area contributed by atoms with Gasteiger partial charge in [-0.15, -0.1) is 0 Å². The van der Waals surface area contributed by atoms with Crippen LogP contribution in [0.15, 0.2) is 72.8 Å². The van der Waals surface area contributed by atoms with Crippen LogP contribution in [0.5, 0.6) is 5.75 Å². The van der Waals surface area contributed by atoms with Crippen molar-refractivity contribution in [2.45, 2.75) is 12.1 Å². The summed E-state index contributed by atoms with van der Waals surface area (Å²) in [5.41, 5.74) is 4.37. The van der Waals surface area contributed by atoms with Crippen LogP contribution in [0.4, 0.5) is 5.95 Å². The lowest BCUT2D eigenvalue weighted by atomic mass is 9.85. The molecule has 0 saturated heterocycles. The lowest BCUT2D eigenvalue weighted by molar-refractivity contribution is 0.223. The summed E-state index contributed by atoms with van der Waals surface area (Å²) in [6, 6.07) is 14.5. The first-order valence-electron chi connectivity index (χ1n) is 9.82. The fourth-order valence-electron chi connectivity index (χ4n) is 4.27. The summed E-state index contributed by atoms with van der Waals surface area (Å²) >= 11 is 19.2. The fraction of sp³-hybridized carbons (Fsp3) is 0.0870. The van der Waals surface area contributed by atoms with Gasteiger partial charge < -0.3 is 10.1 Å². The third kappa shape index (κ3) is 3.06. The molecule has 2 aromatic heterocycles. The standard InChI is InChI=1S/C23H14Cl3N5O/c24-13-4-6-18-16(8-13)20-19(22(32-18)15-5-3-14(25)9-17(15)26)21(12-2-1-7-27-10-12)31-23(30-20)28-11-29-31/h1-11,21-22H,(H,28,29,30)/t21-,22+/m1/s1. The third-order valence-corrected chi connectivity index (χ3v) is 6.42. The SMILES string of the molecule is Clc1ccc([C@@H]2Oc3ccc(Cl)cc3C3=C2[C@@H](c2cccnc2)n2ncnc2N3)c(Cl)c1. The maximum absolute atomic E-state index is 6.64. The number of benzene rings is 2. The number of anilines is 1. The number of aromatic nitrogens is 4. The van der Waals surface area contributed by atoms with Gasteiger partial charge in [0.05, 0.1) is 5.70 Å². The van der Waals surface area contributed by atoms with Crippen LogP contribution in [0.2, 0.25) is 15.1 Å². The Morgan fingerprint density at radius 3 is 2.66 bits per heavy atom. The van der Waals surface area contributed by atoms with Crippen LogP contribution in [0.25, 0.3) is 5.70 Å². The predicted octanol–water partition coefficient (Wildman–Crippen LogP) is 6.19. The van der Waals surface area contributed by atoms with Crippen LogP contribution in [0.1, 0.15) is 28.8 Å². The molecule has 0 aliphatic carbocycles. The molecule has 0 saturated carbocycles. The largest absolute Gasteiger partial charge is 0.480 e. The zero-order chi connectivity index (χ0) is 21.8. The zero-order valence-electron chi connectivity index (χ0n) is 16.3. The summed E-state index contributed by atoms with van der Waals surface area (Å²) < 4.78 is 8.37. The first-order valence-corrected chi connectivity index (χ1v) is 11.0. The molecule has 0 spiro atoms. The Labute approximate surface area is 198 Å². The van der Waals surface area contributed by atoms with E-state index in [2.05, 4.69) is 20.4 Å². The highest BCUT2D eigenvalue weighted by molar-refractivity contribution is 6.35. The molecule has 9 heteroatoms. The first kappa shape index (κ1) is 19.6. The number of hydrogen-bond acceptors (Lipinski definition) is 5. The van der Waals surface area contributed by atoms with Gasteiger partial charge in [-0.1, -0.05) is 46.9 Å². The molecule has 2 atom stereocenters. The van der Waals surface area contributed by atoms with Gasteiger partial charge in [-0.3, -0.25) is 4.98 Å². The van der Waals surface area contributed by atoms with E-state index in [0.717, 1.165) is 28.0 Å². The van der Waals surface area contributed by atoms with Gasteiger partial charge in [0.2, 0.25) is 5.95 Å². The Morgan fingerprint density at radius 1 is 1.00 bits per heavy atom. The molecule has 4 aromatic rings. The second-order valence-corrected chi connectivity index (χ2v) is 8.76. The molecule has 0 fully saturated rings. The molecule has 32 heavy (non-hydrogen) atoms. The van der Waals surface area contributed by atoms with Gasteiger partial charge in [-0.25, -0.2) is 4.68 Å². The number of rotatable bonds is 2. The zero-order valence-corrected chi connectivity index (χ0v) is 18.6. The minimum atomic E-state index is -0.501. The summed E-state index contributed by atoms with van der Waals surface area (Å²) in [5, 5.41) is 9.60. The molecule has 0 bridgehead atoms. The van der Waals surface area contributed by atoms with Crippen molar-refractivity contribution in [3.63, 3.8) is 0 Å². The molecule has 4 heterocycles. The van der Waals surface area contributed by atoms with E-state index in [-0.39, 0.29) is 6.04 Å². The third-order valence-electron chi connectivity index (χ3n) is 5.62. The van der Waals surface area contributed by atoms with Crippen molar-refractivity contribution >= 4 is 46.4 Å². The van der Waals surface area contributed by atoms with Crippen LogP contribution in [-0.2, 0) is 0 Å². The maximum Gasteiger partial charge on any atom is 0.226 e. The second kappa shape index (κ2) is 7.52. The maximum atomic E-state index is 6.64. The summed E-state index contributed by atoms with van der Waals surface area (Å²) in [6.07, 6.45) is 4.58. The van der Waals surface area contributed by atoms with E-state index in [9.17, 15) is 0 Å². The monoisotopic (exact) mass is 481 g/mol. The van der Waals surface area contributed by atoms with Crippen LogP contribution >= 0.6 is 34.8 Å². The number of ether oxygens (including phenoxy) is 1. The van der Waals surface area contributed by atoms with Crippen molar-refractivity contribution in [2.24, 2.45) is 0 Å². The summed E-state index contributed by atoms with van der Waals surface area (Å²) in [4.78, 5) is 8.74. The molecule has 2 aromatic carbocycles. The molecular weight excluding hydrogens is 469 g/mol. The number of hydrogen-bond donors (Lipinski definition) is 1. The lowest BCUT2D eigenvalue weighted by Crippen LogP contribution is -2.32. The molecule has 2 aliphatic heterocycles. The Kier molecular flexibility index (Phi) is 4.61. The highest BCUT2D eigenvalue weighted by Crippen LogP contribution is 2.51. The molecule has 2 aliphatic rings. The van der Waals surface area contributed by atoms with E-state index in [0.29, 0.717) is 26.8 Å². The molecule has 0 unspecified atom stereocenters. The normalized spacial score (nSPS) is 18.8. The van der Waals surface area contributed by atoms with Crippen LogP contribution < -0.4 is 10.1 Å². The molecule has 0 amide bonds. The van der Waals surface area contributed by atoms with E-state index >= 15 is 0 Å². The van der Waals surface area contributed by atoms with E-state index in [1.807, 2.05) is 41.2 Å². The van der Waals surface area contributed by atoms with Crippen LogP contribution in [-0.4, -0.2) is 19.7 Å². The first-order chi connectivity index (χ1) is 15.6. The highest BCUT2D eigenvalue weighted by atomic mass is 35.5. The average Bonchev–Trinajstić information content (AvgIpc) is 3.26. The van der Waals surface area contributed by atoms with Gasteiger partial charge in [0.1, 0.15) is 18.1 Å². The number of fused-ring (bicyclic) bond motifs is 3. The molecule has 6 rings (SSSR count). The second-order valence-electron chi connectivity index (χ2n) is 7.48. The van der Waals surface area contributed by atoms with Crippen molar-refractivity contribution in [2.75, 3.05) is 5.32 Å². The fourth-order valence-corrected chi connectivity index (χ4v) is 4.95. The quantitative estimate of drug-likeness (QED) is 0.369. The minimum absolute atomic E-state index is 0.318. The van der Waals surface area contributed by atoms with Crippen molar-refractivity contribution in [3.8, 4) is 5.75 Å². The molecular formula is C23H14Cl3N5O. The molecule has 158 valence electrons. The average molecular weight is 483 g/mol.